The van der Waals surface area contributed by atoms with E-state index >= 15 is 0 Å². The van der Waals surface area contributed by atoms with Crippen LogP contribution in [-0.2, 0) is 52.7 Å². The first-order chi connectivity index (χ1) is 37.3. The Morgan fingerprint density at radius 1 is 0.557 bits per heavy atom. The summed E-state index contributed by atoms with van der Waals surface area (Å²) in [5, 5.41) is 68.6. The fourth-order valence-corrected chi connectivity index (χ4v) is 8.10. The number of hydrogen-bond donors (Lipinski definition) is 19. The highest BCUT2D eigenvalue weighted by Gasteiger charge is 2.38. The molecule has 30 heteroatoms. The summed E-state index contributed by atoms with van der Waals surface area (Å²) in [6, 6.07) is -15.9. The second-order valence-corrected chi connectivity index (χ2v) is 20.0. The van der Waals surface area contributed by atoms with Crippen molar-refractivity contribution in [2.45, 2.75) is 197 Å². The fraction of sp³-hybridized carbons (Fsp3) is 0.776. The Morgan fingerprint density at radius 3 is 1.52 bits per heavy atom. The van der Waals surface area contributed by atoms with Gasteiger partial charge in [0.05, 0.1) is 24.9 Å². The lowest BCUT2D eigenvalue weighted by Crippen LogP contribution is -2.62. The van der Waals surface area contributed by atoms with Crippen LogP contribution in [0, 0.1) is 5.92 Å². The third-order valence-corrected chi connectivity index (χ3v) is 12.6. The van der Waals surface area contributed by atoms with Gasteiger partial charge in [-0.25, -0.2) is 0 Å². The van der Waals surface area contributed by atoms with Gasteiger partial charge < -0.3 is 102 Å². The first kappa shape index (κ1) is 70.9. The van der Waals surface area contributed by atoms with E-state index in [9.17, 15) is 73.2 Å². The van der Waals surface area contributed by atoms with Gasteiger partial charge in [0, 0.05) is 13.0 Å². The van der Waals surface area contributed by atoms with E-state index in [2.05, 4.69) is 58.5 Å². The molecule has 1 heterocycles. The van der Waals surface area contributed by atoms with Crippen molar-refractivity contribution in [3.63, 3.8) is 0 Å². The van der Waals surface area contributed by atoms with Gasteiger partial charge in [-0.05, 0) is 97.8 Å². The Morgan fingerprint density at radius 2 is 1.04 bits per heavy atom. The molecule has 13 atom stereocenters. The lowest BCUT2D eigenvalue weighted by Gasteiger charge is -2.29. The van der Waals surface area contributed by atoms with E-state index in [0.29, 0.717) is 6.42 Å². The quantitative estimate of drug-likeness (QED) is 0.0340. The molecule has 30 nitrogen and oxygen atoms in total. The van der Waals surface area contributed by atoms with Gasteiger partial charge in [0.15, 0.2) is 0 Å². The van der Waals surface area contributed by atoms with Crippen molar-refractivity contribution in [3.8, 4) is 0 Å². The van der Waals surface area contributed by atoms with Crippen molar-refractivity contribution in [2.75, 3.05) is 39.3 Å². The van der Waals surface area contributed by atoms with Crippen LogP contribution in [0.1, 0.15) is 119 Å². The number of amides is 11. The number of nitrogens with one attached hydrogen (secondary N) is 11. The third kappa shape index (κ3) is 25.7. The molecule has 79 heavy (non-hydrogen) atoms. The van der Waals surface area contributed by atoms with Crippen molar-refractivity contribution in [2.24, 2.45) is 28.9 Å². The molecule has 1 rings (SSSR count). The maximum atomic E-state index is 14.3. The molecule has 0 aliphatic carbocycles. The first-order valence-electron chi connectivity index (χ1n) is 27.1. The van der Waals surface area contributed by atoms with E-state index in [1.54, 1.807) is 13.8 Å². The number of hydrogen-bond acceptors (Lipinski definition) is 19. The summed E-state index contributed by atoms with van der Waals surface area (Å²) in [6.07, 6.45) is -2.05. The molecule has 0 spiro atoms. The van der Waals surface area contributed by atoms with Crippen LogP contribution in [0.2, 0.25) is 0 Å². The van der Waals surface area contributed by atoms with Gasteiger partial charge >= 0.3 is 0 Å². The molecule has 452 valence electrons. The smallest absolute Gasteiger partial charge is 0.245 e. The number of rotatable bonds is 27. The van der Waals surface area contributed by atoms with Crippen LogP contribution < -0.4 is 81.4 Å². The van der Waals surface area contributed by atoms with Gasteiger partial charge in [-0.15, -0.1) is 0 Å². The zero-order chi connectivity index (χ0) is 59.9. The summed E-state index contributed by atoms with van der Waals surface area (Å²) in [5.41, 5.74) is 23.2. The monoisotopic (exact) mass is 1130 g/mol. The predicted molar refractivity (Wildman–Crippen MR) is 287 cm³/mol. The molecule has 1 fully saturated rings. The first-order valence-corrected chi connectivity index (χ1v) is 27.1. The summed E-state index contributed by atoms with van der Waals surface area (Å²) < 4.78 is 0. The van der Waals surface area contributed by atoms with Gasteiger partial charge in [-0.1, -0.05) is 46.5 Å². The van der Waals surface area contributed by atoms with Crippen LogP contribution in [0.25, 0.3) is 0 Å². The summed E-state index contributed by atoms with van der Waals surface area (Å²) in [4.78, 5) is 151. The highest BCUT2D eigenvalue weighted by Crippen LogP contribution is 2.11. The van der Waals surface area contributed by atoms with Crippen molar-refractivity contribution in [1.29, 1.82) is 0 Å². The standard InChI is InChI=1S/C49H91N15O15/c1-7-8-9-10-11-12-36(69)55-35(24-65)46(76)64-39(28(6)68)49(79)60-31(15-20-52)41(71)58-33-17-22-54-47(77)37(26(4)66)62-44(74)32(16-21-53)57-40(70)30(14-19-51)59-48(78)38(27(5)67)63-45(75)34(23-25(2)3)61-42(72)29(13-18-50)56-43(33)73/h25-35,37-39,65-68H,7-24,50-53H2,1-6H3,(H,54,77)(H,55,69)(H,56,73)(H,57,70)(H,58,71)(H,59,78)(H,60,79)(H,61,72)(H,62,74)(H,63,75)(H,64,76)/t26-,27-,28-,29+,30+,31-,32+,33+,34-,35+,37+,38+,39+/m1/s1. The fourth-order valence-electron chi connectivity index (χ4n) is 8.10. The Balaban J connectivity index is 3.79. The maximum absolute atomic E-state index is 14.3. The molecule has 0 bridgehead atoms. The minimum atomic E-state index is -1.77. The van der Waals surface area contributed by atoms with Gasteiger partial charge in [-0.2, -0.15) is 0 Å². The Hall–Kier alpha value is -6.15. The predicted octanol–water partition coefficient (Wildman–Crippen LogP) is -7.71. The molecule has 0 aromatic carbocycles. The molecule has 1 saturated heterocycles. The Kier molecular flexibility index (Phi) is 33.8. The molecular weight excluding hydrogens is 1040 g/mol. The summed E-state index contributed by atoms with van der Waals surface area (Å²) in [6.45, 7) is 6.81. The minimum Gasteiger partial charge on any atom is -0.394 e. The van der Waals surface area contributed by atoms with Gasteiger partial charge in [0.25, 0.3) is 0 Å². The van der Waals surface area contributed by atoms with Crippen LogP contribution in [0.15, 0.2) is 0 Å². The normalized spacial score (nSPS) is 23.8. The number of aliphatic hydroxyl groups excluding tert-OH is 4. The molecule has 0 aromatic heterocycles. The van der Waals surface area contributed by atoms with Crippen molar-refractivity contribution in [3.05, 3.63) is 0 Å². The van der Waals surface area contributed by atoms with Crippen molar-refractivity contribution in [1.82, 2.24) is 58.5 Å². The van der Waals surface area contributed by atoms with Crippen LogP contribution in [0.4, 0.5) is 0 Å². The summed E-state index contributed by atoms with van der Waals surface area (Å²) in [7, 11) is 0. The van der Waals surface area contributed by atoms with E-state index < -0.39 is 163 Å². The largest absolute Gasteiger partial charge is 0.394 e. The number of carbonyl (C=O) groups is 11. The number of aliphatic hydroxyl groups is 4. The van der Waals surface area contributed by atoms with Crippen molar-refractivity contribution >= 4 is 65.0 Å². The molecule has 1 aliphatic rings. The Bertz CT molecular complexity index is 2000. The topological polar surface area (TPSA) is 505 Å². The SMILES string of the molecule is CCCCCCCC(=O)N[C@@H](CO)C(=O)N[C@H](C(=O)N[C@H](CCN)C(=O)N[C@H]1CCNC(=O)[C@H]([C@@H](C)O)NC(=O)[C@H](CCN)NC(=O)[C@H](CCN)NC(=O)[C@H]([C@@H](C)O)NC(=O)[C@@H](CC(C)C)NC(=O)[C@H](CCN)NC1=O)[C@@H](C)O. The molecule has 11 amide bonds. The average Bonchev–Trinajstić information content (AvgIpc) is 3.37. The van der Waals surface area contributed by atoms with E-state index in [-0.39, 0.29) is 70.6 Å². The summed E-state index contributed by atoms with van der Waals surface area (Å²) >= 11 is 0. The van der Waals surface area contributed by atoms with Crippen LogP contribution in [0.3, 0.4) is 0 Å². The van der Waals surface area contributed by atoms with Crippen LogP contribution in [0.5, 0.6) is 0 Å². The number of carbonyl (C=O) groups excluding carboxylic acids is 11. The molecule has 0 unspecified atom stereocenters. The van der Waals surface area contributed by atoms with Gasteiger partial charge in [0.1, 0.15) is 60.4 Å². The van der Waals surface area contributed by atoms with E-state index in [1.165, 1.54) is 13.8 Å². The maximum Gasteiger partial charge on any atom is 0.245 e. The third-order valence-electron chi connectivity index (χ3n) is 12.6. The molecular formula is C49H91N15O15. The van der Waals surface area contributed by atoms with Crippen molar-refractivity contribution < 1.29 is 73.2 Å². The highest BCUT2D eigenvalue weighted by molar-refractivity contribution is 5.99. The molecule has 1 aliphatic heterocycles. The Labute approximate surface area is 461 Å². The van der Waals surface area contributed by atoms with E-state index in [4.69, 9.17) is 22.9 Å². The second-order valence-electron chi connectivity index (χ2n) is 20.0. The second kappa shape index (κ2) is 37.7. The minimum absolute atomic E-state index is 0.0463. The van der Waals surface area contributed by atoms with E-state index in [0.717, 1.165) is 32.6 Å². The van der Waals surface area contributed by atoms with Crippen LogP contribution in [-0.4, -0.2) is 203 Å². The number of nitrogens with two attached hydrogens (primary N) is 4. The summed E-state index contributed by atoms with van der Waals surface area (Å²) in [5.74, 6) is -11.0. The molecule has 0 saturated carbocycles. The highest BCUT2D eigenvalue weighted by atomic mass is 16.3. The molecule has 0 aromatic rings. The lowest BCUT2D eigenvalue weighted by molar-refractivity contribution is -0.137. The van der Waals surface area contributed by atoms with E-state index in [1.807, 2.05) is 6.92 Å². The van der Waals surface area contributed by atoms with Gasteiger partial charge in [-0.3, -0.25) is 52.7 Å². The van der Waals surface area contributed by atoms with Crippen LogP contribution >= 0.6 is 0 Å². The average molecular weight is 1130 g/mol. The number of unbranched alkanes of at least 4 members (excludes halogenated alkanes) is 4. The molecule has 0 radical (unpaired) electrons. The van der Waals surface area contributed by atoms with Gasteiger partial charge in [0.2, 0.25) is 65.0 Å². The molecule has 23 N–H and O–H groups in total. The zero-order valence-electron chi connectivity index (χ0n) is 46.4. The lowest BCUT2D eigenvalue weighted by atomic mass is 10.0. The zero-order valence-corrected chi connectivity index (χ0v) is 46.4.